The van der Waals surface area contributed by atoms with Crippen LogP contribution in [0.5, 0.6) is 5.75 Å². The summed E-state index contributed by atoms with van der Waals surface area (Å²) in [4.78, 5) is 0. The predicted octanol–water partition coefficient (Wildman–Crippen LogP) is 1.88. The summed E-state index contributed by atoms with van der Waals surface area (Å²) in [5.41, 5.74) is 1.10. The predicted molar refractivity (Wildman–Crippen MR) is 57.7 cm³/mol. The SMILES string of the molecule is Oc1ccc(CC2CCNCC2F)cc1. The Hall–Kier alpha value is -1.09. The minimum absolute atomic E-state index is 0.121. The molecule has 15 heavy (non-hydrogen) atoms. The van der Waals surface area contributed by atoms with Gasteiger partial charge in [-0.15, -0.1) is 0 Å². The van der Waals surface area contributed by atoms with Gasteiger partial charge in [-0.25, -0.2) is 4.39 Å². The molecule has 0 amide bonds. The highest BCUT2D eigenvalue weighted by molar-refractivity contribution is 5.26. The third-order valence-corrected chi connectivity index (χ3v) is 2.98. The maximum absolute atomic E-state index is 13.5. The molecular weight excluding hydrogens is 193 g/mol. The Morgan fingerprint density at radius 3 is 2.73 bits per heavy atom. The summed E-state index contributed by atoms with van der Waals surface area (Å²) in [6.07, 6.45) is 0.915. The van der Waals surface area contributed by atoms with E-state index < -0.39 is 6.17 Å². The average molecular weight is 209 g/mol. The van der Waals surface area contributed by atoms with Crippen molar-refractivity contribution in [1.82, 2.24) is 5.32 Å². The van der Waals surface area contributed by atoms with E-state index in [4.69, 9.17) is 5.11 Å². The summed E-state index contributed by atoms with van der Waals surface area (Å²) in [7, 11) is 0. The zero-order valence-corrected chi connectivity index (χ0v) is 8.62. The molecule has 1 fully saturated rings. The van der Waals surface area contributed by atoms with Crippen molar-refractivity contribution in [2.45, 2.75) is 19.0 Å². The van der Waals surface area contributed by atoms with Crippen molar-refractivity contribution in [3.05, 3.63) is 29.8 Å². The minimum atomic E-state index is -0.743. The largest absolute Gasteiger partial charge is 0.508 e. The first-order chi connectivity index (χ1) is 7.25. The first-order valence-electron chi connectivity index (χ1n) is 5.38. The van der Waals surface area contributed by atoms with Gasteiger partial charge < -0.3 is 10.4 Å². The molecule has 1 saturated heterocycles. The Balaban J connectivity index is 1.98. The van der Waals surface area contributed by atoms with Gasteiger partial charge in [0.15, 0.2) is 0 Å². The number of phenols is 1. The standard InChI is InChI=1S/C12H16FNO/c13-12-8-14-6-5-10(12)7-9-1-3-11(15)4-2-9/h1-4,10,12,14-15H,5-8H2. The number of phenolic OH excluding ortho intramolecular Hbond substituents is 1. The normalized spacial score (nSPS) is 26.5. The van der Waals surface area contributed by atoms with Crippen LogP contribution in [-0.2, 0) is 6.42 Å². The number of alkyl halides is 1. The van der Waals surface area contributed by atoms with Gasteiger partial charge in [0.25, 0.3) is 0 Å². The van der Waals surface area contributed by atoms with Crippen molar-refractivity contribution >= 4 is 0 Å². The zero-order valence-electron chi connectivity index (χ0n) is 8.62. The fourth-order valence-corrected chi connectivity index (χ4v) is 2.04. The lowest BCUT2D eigenvalue weighted by Gasteiger charge is -2.26. The number of rotatable bonds is 2. The molecule has 0 bridgehead atoms. The number of aromatic hydroxyl groups is 1. The van der Waals surface area contributed by atoms with Gasteiger partial charge in [-0.2, -0.15) is 0 Å². The lowest BCUT2D eigenvalue weighted by atomic mass is 9.89. The van der Waals surface area contributed by atoms with E-state index in [1.54, 1.807) is 12.1 Å². The number of benzene rings is 1. The van der Waals surface area contributed by atoms with Gasteiger partial charge in [-0.3, -0.25) is 0 Å². The van der Waals surface area contributed by atoms with Gasteiger partial charge in [0.05, 0.1) is 0 Å². The second kappa shape index (κ2) is 4.62. The van der Waals surface area contributed by atoms with E-state index in [0.29, 0.717) is 6.54 Å². The summed E-state index contributed by atoms with van der Waals surface area (Å²) < 4.78 is 13.5. The van der Waals surface area contributed by atoms with E-state index in [2.05, 4.69) is 5.32 Å². The van der Waals surface area contributed by atoms with Crippen LogP contribution in [0.2, 0.25) is 0 Å². The van der Waals surface area contributed by atoms with Crippen LogP contribution in [-0.4, -0.2) is 24.4 Å². The monoisotopic (exact) mass is 209 g/mol. The highest BCUT2D eigenvalue weighted by Crippen LogP contribution is 2.21. The molecule has 2 unspecified atom stereocenters. The molecule has 1 aromatic rings. The Morgan fingerprint density at radius 1 is 1.33 bits per heavy atom. The van der Waals surface area contributed by atoms with Crippen LogP contribution in [0.1, 0.15) is 12.0 Å². The molecule has 0 aromatic heterocycles. The number of piperidine rings is 1. The van der Waals surface area contributed by atoms with Gasteiger partial charge in [0, 0.05) is 6.54 Å². The molecule has 2 rings (SSSR count). The van der Waals surface area contributed by atoms with Crippen LogP contribution in [0.3, 0.4) is 0 Å². The van der Waals surface area contributed by atoms with Crippen LogP contribution in [0.25, 0.3) is 0 Å². The second-order valence-corrected chi connectivity index (χ2v) is 4.14. The van der Waals surface area contributed by atoms with E-state index in [1.807, 2.05) is 12.1 Å². The summed E-state index contributed by atoms with van der Waals surface area (Å²) in [6, 6.07) is 7.04. The number of hydrogen-bond acceptors (Lipinski definition) is 2. The Labute approximate surface area is 89.1 Å². The summed E-state index contributed by atoms with van der Waals surface area (Å²) >= 11 is 0. The van der Waals surface area contributed by atoms with Gasteiger partial charge in [0.2, 0.25) is 0 Å². The third-order valence-electron chi connectivity index (χ3n) is 2.98. The summed E-state index contributed by atoms with van der Waals surface area (Å²) in [6.45, 7) is 1.38. The molecule has 2 N–H and O–H groups in total. The van der Waals surface area contributed by atoms with Gasteiger partial charge in [-0.1, -0.05) is 12.1 Å². The average Bonchev–Trinajstić information content (AvgIpc) is 2.25. The van der Waals surface area contributed by atoms with Gasteiger partial charge >= 0.3 is 0 Å². The van der Waals surface area contributed by atoms with Crippen LogP contribution in [0, 0.1) is 5.92 Å². The van der Waals surface area contributed by atoms with Crippen LogP contribution in [0.4, 0.5) is 4.39 Å². The van der Waals surface area contributed by atoms with E-state index in [1.165, 1.54) is 0 Å². The quantitative estimate of drug-likeness (QED) is 0.779. The molecule has 1 aliphatic rings. The van der Waals surface area contributed by atoms with E-state index in [9.17, 15) is 4.39 Å². The fourth-order valence-electron chi connectivity index (χ4n) is 2.04. The highest BCUT2D eigenvalue weighted by atomic mass is 19.1. The molecule has 2 atom stereocenters. The van der Waals surface area contributed by atoms with Crippen molar-refractivity contribution in [1.29, 1.82) is 0 Å². The van der Waals surface area contributed by atoms with Crippen molar-refractivity contribution < 1.29 is 9.50 Å². The van der Waals surface area contributed by atoms with Crippen molar-refractivity contribution in [2.24, 2.45) is 5.92 Å². The molecule has 3 heteroatoms. The number of nitrogens with one attached hydrogen (secondary N) is 1. The first kappa shape index (κ1) is 10.4. The third kappa shape index (κ3) is 2.69. The van der Waals surface area contributed by atoms with Gasteiger partial charge in [-0.05, 0) is 43.0 Å². The van der Waals surface area contributed by atoms with E-state index >= 15 is 0 Å². The molecule has 2 nitrogen and oxygen atoms in total. The Bertz CT molecular complexity index is 312. The van der Waals surface area contributed by atoms with Crippen LogP contribution in [0.15, 0.2) is 24.3 Å². The molecule has 1 aromatic carbocycles. The van der Waals surface area contributed by atoms with E-state index in [0.717, 1.165) is 24.9 Å². The lowest BCUT2D eigenvalue weighted by Crippen LogP contribution is -2.38. The lowest BCUT2D eigenvalue weighted by molar-refractivity contribution is 0.179. The molecule has 0 spiro atoms. The van der Waals surface area contributed by atoms with Gasteiger partial charge in [0.1, 0.15) is 11.9 Å². The van der Waals surface area contributed by atoms with Crippen molar-refractivity contribution in [3.8, 4) is 5.75 Å². The molecule has 1 heterocycles. The number of halogens is 1. The van der Waals surface area contributed by atoms with E-state index in [-0.39, 0.29) is 11.7 Å². The summed E-state index contributed by atoms with van der Waals surface area (Å²) in [5.74, 6) is 0.386. The van der Waals surface area contributed by atoms with Crippen LogP contribution < -0.4 is 5.32 Å². The maximum Gasteiger partial charge on any atom is 0.116 e. The molecule has 1 aliphatic heterocycles. The first-order valence-corrected chi connectivity index (χ1v) is 5.38. The van der Waals surface area contributed by atoms with Crippen molar-refractivity contribution in [3.63, 3.8) is 0 Å². The second-order valence-electron chi connectivity index (χ2n) is 4.14. The fraction of sp³-hybridized carbons (Fsp3) is 0.500. The molecule has 0 saturated carbocycles. The van der Waals surface area contributed by atoms with Crippen molar-refractivity contribution in [2.75, 3.05) is 13.1 Å². The topological polar surface area (TPSA) is 32.3 Å². The number of hydrogen-bond donors (Lipinski definition) is 2. The van der Waals surface area contributed by atoms with Crippen LogP contribution >= 0.6 is 0 Å². The molecule has 0 radical (unpaired) electrons. The Kier molecular flexibility index (Phi) is 3.21. The molecule has 82 valence electrons. The smallest absolute Gasteiger partial charge is 0.116 e. The zero-order chi connectivity index (χ0) is 10.7. The minimum Gasteiger partial charge on any atom is -0.508 e. The molecule has 0 aliphatic carbocycles. The molecular formula is C12H16FNO. The maximum atomic E-state index is 13.5. The summed E-state index contributed by atoms with van der Waals surface area (Å²) in [5, 5.41) is 12.2. The Morgan fingerprint density at radius 2 is 2.07 bits per heavy atom. The highest BCUT2D eigenvalue weighted by Gasteiger charge is 2.24.